The molecule has 1 aliphatic rings. The van der Waals surface area contributed by atoms with Gasteiger partial charge in [0.05, 0.1) is 21.7 Å². The standard InChI is InChI=1S/C17H8ClF4NO2/c18-11-3-4-12(19)15-14(11)13(24)6-8(16(15)25)5-10-2-1-9(7-23-10)17(20,21)22/h1-4,6-7H,5H2. The van der Waals surface area contributed by atoms with Crippen LogP contribution in [0.5, 0.6) is 0 Å². The van der Waals surface area contributed by atoms with Crippen molar-refractivity contribution in [3.63, 3.8) is 0 Å². The minimum Gasteiger partial charge on any atom is -0.289 e. The molecule has 3 rings (SSSR count). The van der Waals surface area contributed by atoms with Crippen LogP contribution >= 0.6 is 11.6 Å². The Morgan fingerprint density at radius 3 is 2.36 bits per heavy atom. The Bertz CT molecular complexity index is 917. The number of ketones is 2. The maximum Gasteiger partial charge on any atom is 0.417 e. The molecule has 8 heteroatoms. The molecule has 1 heterocycles. The van der Waals surface area contributed by atoms with E-state index in [1.807, 2.05) is 0 Å². The van der Waals surface area contributed by atoms with Crippen molar-refractivity contribution in [2.75, 3.05) is 0 Å². The molecule has 0 unspecified atom stereocenters. The number of fused-ring (bicyclic) bond motifs is 1. The normalized spacial score (nSPS) is 14.4. The molecule has 0 saturated carbocycles. The van der Waals surface area contributed by atoms with Crippen molar-refractivity contribution in [3.05, 3.63) is 75.3 Å². The lowest BCUT2D eigenvalue weighted by molar-refractivity contribution is -0.137. The maximum absolute atomic E-state index is 14.0. The lowest BCUT2D eigenvalue weighted by atomic mass is 9.87. The number of benzene rings is 1. The second kappa shape index (κ2) is 6.07. The number of Topliss-reactive ketones (excluding diaryl/α,β-unsaturated/α-hetero) is 1. The Balaban J connectivity index is 1.93. The van der Waals surface area contributed by atoms with Gasteiger partial charge in [-0.2, -0.15) is 13.2 Å². The van der Waals surface area contributed by atoms with Gasteiger partial charge in [-0.1, -0.05) is 11.6 Å². The largest absolute Gasteiger partial charge is 0.417 e. The molecule has 0 amide bonds. The smallest absolute Gasteiger partial charge is 0.289 e. The first-order valence-electron chi connectivity index (χ1n) is 6.98. The predicted octanol–water partition coefficient (Wildman–Crippen LogP) is 4.44. The van der Waals surface area contributed by atoms with Crippen molar-refractivity contribution in [2.24, 2.45) is 0 Å². The minimum atomic E-state index is -4.53. The van der Waals surface area contributed by atoms with E-state index in [4.69, 9.17) is 11.6 Å². The molecule has 2 aromatic rings. The van der Waals surface area contributed by atoms with Gasteiger partial charge in [0.15, 0.2) is 11.6 Å². The van der Waals surface area contributed by atoms with Crippen molar-refractivity contribution in [1.82, 2.24) is 4.98 Å². The fourth-order valence-corrected chi connectivity index (χ4v) is 2.75. The highest BCUT2D eigenvalue weighted by Crippen LogP contribution is 2.31. The molecule has 0 spiro atoms. The summed E-state index contributed by atoms with van der Waals surface area (Å²) in [6.07, 6.45) is -3.08. The van der Waals surface area contributed by atoms with Gasteiger partial charge in [0.25, 0.3) is 0 Å². The van der Waals surface area contributed by atoms with Gasteiger partial charge < -0.3 is 0 Å². The minimum absolute atomic E-state index is 0.0438. The van der Waals surface area contributed by atoms with Gasteiger partial charge in [0.2, 0.25) is 0 Å². The molecule has 0 saturated heterocycles. The van der Waals surface area contributed by atoms with Gasteiger partial charge in [-0.3, -0.25) is 14.6 Å². The number of pyridine rings is 1. The SMILES string of the molecule is O=C1C(Cc2ccc(C(F)(F)F)cn2)=CC(=O)c2c(Cl)ccc(F)c21. The summed E-state index contributed by atoms with van der Waals surface area (Å²) < 4.78 is 51.6. The Hall–Kier alpha value is -2.54. The number of hydrogen-bond donors (Lipinski definition) is 0. The van der Waals surface area contributed by atoms with Crippen molar-refractivity contribution >= 4 is 23.2 Å². The summed E-state index contributed by atoms with van der Waals surface area (Å²) in [5, 5.41) is -0.0438. The number of aromatic nitrogens is 1. The number of carbonyl (C=O) groups excluding carboxylic acids is 2. The van der Waals surface area contributed by atoms with Crippen LogP contribution < -0.4 is 0 Å². The second-order valence-corrected chi connectivity index (χ2v) is 5.76. The fraction of sp³-hybridized carbons (Fsp3) is 0.118. The second-order valence-electron chi connectivity index (χ2n) is 5.35. The monoisotopic (exact) mass is 369 g/mol. The van der Waals surface area contributed by atoms with Crippen molar-refractivity contribution in [2.45, 2.75) is 12.6 Å². The van der Waals surface area contributed by atoms with E-state index in [1.54, 1.807) is 0 Å². The summed E-state index contributed by atoms with van der Waals surface area (Å²) in [4.78, 5) is 28.2. The van der Waals surface area contributed by atoms with Gasteiger partial charge in [0.1, 0.15) is 5.82 Å². The number of alkyl halides is 3. The fourth-order valence-electron chi connectivity index (χ4n) is 2.49. The summed E-state index contributed by atoms with van der Waals surface area (Å²) in [5.41, 5.74) is -1.49. The van der Waals surface area contributed by atoms with Crippen LogP contribution in [0, 0.1) is 5.82 Å². The molecular formula is C17H8ClF4NO2. The lowest BCUT2D eigenvalue weighted by Gasteiger charge is -2.16. The van der Waals surface area contributed by atoms with Crippen molar-refractivity contribution in [3.8, 4) is 0 Å². The highest BCUT2D eigenvalue weighted by atomic mass is 35.5. The van der Waals surface area contributed by atoms with Crippen LogP contribution in [-0.4, -0.2) is 16.6 Å². The van der Waals surface area contributed by atoms with Crippen molar-refractivity contribution < 1.29 is 27.2 Å². The van der Waals surface area contributed by atoms with Crippen LogP contribution in [0.15, 0.2) is 42.1 Å². The molecule has 0 fully saturated rings. The third-order valence-electron chi connectivity index (χ3n) is 3.70. The molecule has 0 N–H and O–H groups in total. The molecule has 0 bridgehead atoms. The van der Waals surface area contributed by atoms with E-state index < -0.39 is 34.7 Å². The van der Waals surface area contributed by atoms with Gasteiger partial charge in [-0.05, 0) is 30.3 Å². The molecule has 1 aromatic carbocycles. The molecule has 0 atom stereocenters. The predicted molar refractivity (Wildman–Crippen MR) is 81.1 cm³/mol. The third-order valence-corrected chi connectivity index (χ3v) is 4.01. The number of nitrogens with zero attached hydrogens (tertiary/aromatic N) is 1. The van der Waals surface area contributed by atoms with Gasteiger partial charge in [-0.15, -0.1) is 0 Å². The molecule has 1 aliphatic carbocycles. The number of halogens is 5. The van der Waals surface area contributed by atoms with Gasteiger partial charge >= 0.3 is 6.18 Å². The quantitative estimate of drug-likeness (QED) is 0.735. The maximum atomic E-state index is 14.0. The number of allylic oxidation sites excluding steroid dienone is 2. The lowest BCUT2D eigenvalue weighted by Crippen LogP contribution is -2.21. The highest BCUT2D eigenvalue weighted by molar-refractivity contribution is 6.37. The third kappa shape index (κ3) is 3.19. The zero-order valence-corrected chi connectivity index (χ0v) is 13.1. The summed E-state index contributed by atoms with van der Waals surface area (Å²) in [5.74, 6) is -2.26. The van der Waals surface area contributed by atoms with Gasteiger partial charge in [0, 0.05) is 23.9 Å². The van der Waals surface area contributed by atoms with E-state index >= 15 is 0 Å². The van der Waals surface area contributed by atoms with Crippen molar-refractivity contribution in [1.29, 1.82) is 0 Å². The Kier molecular flexibility index (Phi) is 4.20. The molecule has 1 aromatic heterocycles. The van der Waals surface area contributed by atoms with E-state index in [2.05, 4.69) is 4.98 Å². The van der Waals surface area contributed by atoms with Crippen LogP contribution in [0.3, 0.4) is 0 Å². The molecule has 0 radical (unpaired) electrons. The Morgan fingerprint density at radius 2 is 1.76 bits per heavy atom. The summed E-state index contributed by atoms with van der Waals surface area (Å²) >= 11 is 5.85. The molecule has 0 aliphatic heterocycles. The van der Waals surface area contributed by atoms with E-state index in [1.165, 1.54) is 6.07 Å². The first kappa shape index (κ1) is 17.3. The van der Waals surface area contributed by atoms with E-state index in [9.17, 15) is 27.2 Å². The summed E-state index contributed by atoms with van der Waals surface area (Å²) in [6, 6.07) is 4.08. The number of carbonyl (C=O) groups is 2. The summed E-state index contributed by atoms with van der Waals surface area (Å²) in [6.45, 7) is 0. The van der Waals surface area contributed by atoms with Crippen LogP contribution in [0.25, 0.3) is 0 Å². The highest BCUT2D eigenvalue weighted by Gasteiger charge is 2.32. The molecule has 3 nitrogen and oxygen atoms in total. The van der Waals surface area contributed by atoms with Crippen LogP contribution in [0.1, 0.15) is 32.0 Å². The first-order chi connectivity index (χ1) is 11.7. The van der Waals surface area contributed by atoms with E-state index in [0.29, 0.717) is 6.20 Å². The average Bonchev–Trinajstić information content (AvgIpc) is 2.54. The molecule has 25 heavy (non-hydrogen) atoms. The average molecular weight is 370 g/mol. The van der Waals surface area contributed by atoms with Crippen LogP contribution in [-0.2, 0) is 12.6 Å². The molecular weight excluding hydrogens is 362 g/mol. The Morgan fingerprint density at radius 1 is 1.04 bits per heavy atom. The number of hydrogen-bond acceptors (Lipinski definition) is 3. The van der Waals surface area contributed by atoms with E-state index in [-0.39, 0.29) is 28.3 Å². The number of rotatable bonds is 2. The first-order valence-corrected chi connectivity index (χ1v) is 7.36. The Labute approximate surface area is 143 Å². The van der Waals surface area contributed by atoms with Crippen LogP contribution in [0.4, 0.5) is 17.6 Å². The van der Waals surface area contributed by atoms with Gasteiger partial charge in [-0.25, -0.2) is 4.39 Å². The zero-order valence-electron chi connectivity index (χ0n) is 12.3. The topological polar surface area (TPSA) is 47.0 Å². The summed E-state index contributed by atoms with van der Waals surface area (Å²) in [7, 11) is 0. The van der Waals surface area contributed by atoms with E-state index in [0.717, 1.165) is 24.3 Å². The van der Waals surface area contributed by atoms with Crippen LogP contribution in [0.2, 0.25) is 5.02 Å². The molecule has 128 valence electrons. The zero-order chi connectivity index (χ0) is 18.4.